The maximum absolute atomic E-state index is 14.2. The van der Waals surface area contributed by atoms with Crippen molar-refractivity contribution in [3.8, 4) is 0 Å². The van der Waals surface area contributed by atoms with E-state index in [4.69, 9.17) is 0 Å². The first-order chi connectivity index (χ1) is 15.1. The Morgan fingerprint density at radius 3 is 2.74 bits per heavy atom. The van der Waals surface area contributed by atoms with Crippen LogP contribution in [-0.4, -0.2) is 18.9 Å². The van der Waals surface area contributed by atoms with Crippen molar-refractivity contribution < 1.29 is 4.39 Å². The summed E-state index contributed by atoms with van der Waals surface area (Å²) in [4.78, 5) is 34.6. The Kier molecular flexibility index (Phi) is 5.13. The molecular formula is C22H15FN4O2S2. The van der Waals surface area contributed by atoms with Gasteiger partial charge in [-0.05, 0) is 29.6 Å². The zero-order chi connectivity index (χ0) is 21.4. The Morgan fingerprint density at radius 2 is 1.87 bits per heavy atom. The summed E-state index contributed by atoms with van der Waals surface area (Å²) in [5.41, 5.74) is 1.76. The highest BCUT2D eigenvalue weighted by Gasteiger charge is 2.15. The molecule has 0 amide bonds. The zero-order valence-electron chi connectivity index (χ0n) is 16.1. The van der Waals surface area contributed by atoms with Crippen LogP contribution in [0.2, 0.25) is 0 Å². The van der Waals surface area contributed by atoms with E-state index in [0.29, 0.717) is 38.0 Å². The lowest BCUT2D eigenvalue weighted by atomic mass is 10.2. The Bertz CT molecular complexity index is 1540. The monoisotopic (exact) mass is 450 g/mol. The van der Waals surface area contributed by atoms with Gasteiger partial charge in [0.2, 0.25) is 0 Å². The minimum Gasteiger partial charge on any atom is -0.282 e. The number of halogens is 1. The molecule has 0 saturated heterocycles. The molecule has 0 bridgehead atoms. The van der Waals surface area contributed by atoms with Crippen LogP contribution in [-0.2, 0) is 12.3 Å². The number of benzene rings is 1. The van der Waals surface area contributed by atoms with Gasteiger partial charge in [-0.25, -0.2) is 14.4 Å². The first-order valence-electron chi connectivity index (χ1n) is 9.42. The number of hydrogen-bond donors (Lipinski definition) is 0. The van der Waals surface area contributed by atoms with Crippen LogP contribution >= 0.6 is 23.1 Å². The molecule has 0 unspecified atom stereocenters. The third-order valence-corrected chi connectivity index (χ3v) is 6.69. The van der Waals surface area contributed by atoms with Crippen LogP contribution < -0.4 is 11.1 Å². The van der Waals surface area contributed by atoms with Gasteiger partial charge >= 0.3 is 0 Å². The maximum atomic E-state index is 14.2. The minimum absolute atomic E-state index is 0.0719. The summed E-state index contributed by atoms with van der Waals surface area (Å²) in [7, 11) is 0. The number of rotatable bonds is 5. The number of hydrogen-bond acceptors (Lipinski definition) is 6. The molecule has 0 fully saturated rings. The van der Waals surface area contributed by atoms with Crippen LogP contribution in [0.15, 0.2) is 80.9 Å². The minimum atomic E-state index is -0.374. The molecule has 0 spiro atoms. The Labute approximate surface area is 183 Å². The molecule has 0 aliphatic heterocycles. The van der Waals surface area contributed by atoms with E-state index in [1.165, 1.54) is 44.2 Å². The molecule has 6 nitrogen and oxygen atoms in total. The summed E-state index contributed by atoms with van der Waals surface area (Å²) < 4.78 is 17.7. The van der Waals surface area contributed by atoms with E-state index < -0.39 is 0 Å². The third-order valence-electron chi connectivity index (χ3n) is 4.79. The fraction of sp³-hybridized carbons (Fsp3) is 0.0909. The van der Waals surface area contributed by atoms with Gasteiger partial charge in [-0.2, -0.15) is 0 Å². The Hall–Kier alpha value is -3.30. The molecule has 0 N–H and O–H groups in total. The lowest BCUT2D eigenvalue weighted by Crippen LogP contribution is -2.23. The molecule has 31 heavy (non-hydrogen) atoms. The summed E-state index contributed by atoms with van der Waals surface area (Å²) in [6.45, 7) is 0.0719. The molecule has 4 heterocycles. The third kappa shape index (κ3) is 3.77. The van der Waals surface area contributed by atoms with E-state index >= 15 is 0 Å². The molecule has 0 radical (unpaired) electrons. The quantitative estimate of drug-likeness (QED) is 0.300. The summed E-state index contributed by atoms with van der Waals surface area (Å²) in [5, 5.41) is 2.27. The van der Waals surface area contributed by atoms with E-state index in [9.17, 15) is 14.0 Å². The van der Waals surface area contributed by atoms with Crippen LogP contribution in [0.25, 0.3) is 15.9 Å². The van der Waals surface area contributed by atoms with Gasteiger partial charge in [0.25, 0.3) is 11.1 Å². The van der Waals surface area contributed by atoms with Gasteiger partial charge in [0.15, 0.2) is 5.16 Å². The molecule has 0 aliphatic carbocycles. The molecule has 1 aromatic carbocycles. The molecule has 0 atom stereocenters. The molecule has 0 saturated carbocycles. The Balaban J connectivity index is 1.54. The topological polar surface area (TPSA) is 69.3 Å². The van der Waals surface area contributed by atoms with Crippen molar-refractivity contribution in [2.24, 2.45) is 0 Å². The lowest BCUT2D eigenvalue weighted by molar-refractivity contribution is 0.579. The SMILES string of the molecule is O=c1c2sccc2nc(SCc2cc(=O)n3ccccc3n2)n1Cc1ccccc1F. The van der Waals surface area contributed by atoms with Crippen LogP contribution in [0, 0.1) is 5.82 Å². The van der Waals surface area contributed by atoms with E-state index in [2.05, 4.69) is 9.97 Å². The van der Waals surface area contributed by atoms with Crippen LogP contribution in [0.3, 0.4) is 0 Å². The first-order valence-corrected chi connectivity index (χ1v) is 11.3. The predicted molar refractivity (Wildman–Crippen MR) is 120 cm³/mol. The van der Waals surface area contributed by atoms with Crippen molar-refractivity contribution in [3.05, 3.63) is 104 Å². The molecule has 9 heteroatoms. The average molecular weight is 451 g/mol. The summed E-state index contributed by atoms with van der Waals surface area (Å²) in [6, 6.07) is 15.0. The van der Waals surface area contributed by atoms with Gasteiger partial charge in [-0.3, -0.25) is 18.6 Å². The van der Waals surface area contributed by atoms with Crippen LogP contribution in [0.5, 0.6) is 0 Å². The molecular weight excluding hydrogens is 435 g/mol. The normalized spacial score (nSPS) is 11.4. The predicted octanol–water partition coefficient (Wildman–Crippen LogP) is 3.95. The van der Waals surface area contributed by atoms with Gasteiger partial charge in [-0.15, -0.1) is 11.3 Å². The second kappa shape index (κ2) is 8.09. The van der Waals surface area contributed by atoms with Gasteiger partial charge in [0.1, 0.15) is 16.2 Å². The number of pyridine rings is 1. The summed E-state index contributed by atoms with van der Waals surface area (Å²) in [5.74, 6) is -0.0270. The second-order valence-corrected chi connectivity index (χ2v) is 8.67. The zero-order valence-corrected chi connectivity index (χ0v) is 17.7. The number of aromatic nitrogens is 4. The van der Waals surface area contributed by atoms with Crippen LogP contribution in [0.4, 0.5) is 4.39 Å². The molecule has 0 aliphatic rings. The van der Waals surface area contributed by atoms with Crippen molar-refractivity contribution in [1.29, 1.82) is 0 Å². The summed E-state index contributed by atoms with van der Waals surface area (Å²) >= 11 is 2.61. The smallest absolute Gasteiger partial charge is 0.272 e. The van der Waals surface area contributed by atoms with Gasteiger partial charge < -0.3 is 0 Å². The van der Waals surface area contributed by atoms with Gasteiger partial charge in [0.05, 0.1) is 17.8 Å². The van der Waals surface area contributed by atoms with E-state index in [1.54, 1.807) is 42.6 Å². The van der Waals surface area contributed by atoms with Crippen molar-refractivity contribution in [2.45, 2.75) is 17.5 Å². The highest BCUT2D eigenvalue weighted by atomic mass is 32.2. The van der Waals surface area contributed by atoms with E-state index in [-0.39, 0.29) is 23.5 Å². The van der Waals surface area contributed by atoms with Gasteiger partial charge in [-0.1, -0.05) is 36.0 Å². The number of thiophene rings is 1. The van der Waals surface area contributed by atoms with Gasteiger partial charge in [0, 0.05) is 23.6 Å². The largest absolute Gasteiger partial charge is 0.282 e. The van der Waals surface area contributed by atoms with Crippen molar-refractivity contribution in [2.75, 3.05) is 0 Å². The van der Waals surface area contributed by atoms with Crippen molar-refractivity contribution in [1.82, 2.24) is 18.9 Å². The lowest BCUT2D eigenvalue weighted by Gasteiger charge is -2.12. The highest BCUT2D eigenvalue weighted by molar-refractivity contribution is 7.98. The first kappa shape index (κ1) is 19.7. The van der Waals surface area contributed by atoms with E-state index in [0.717, 1.165) is 0 Å². The fourth-order valence-corrected chi connectivity index (χ4v) is 4.96. The number of fused-ring (bicyclic) bond motifs is 2. The van der Waals surface area contributed by atoms with E-state index in [1.807, 2.05) is 11.4 Å². The van der Waals surface area contributed by atoms with Crippen molar-refractivity contribution >= 4 is 39.0 Å². The second-order valence-electron chi connectivity index (χ2n) is 6.82. The molecule has 5 aromatic rings. The van der Waals surface area contributed by atoms with Crippen molar-refractivity contribution in [3.63, 3.8) is 0 Å². The maximum Gasteiger partial charge on any atom is 0.272 e. The molecule has 4 aromatic heterocycles. The fourth-order valence-electron chi connectivity index (χ4n) is 3.29. The Morgan fingerprint density at radius 1 is 1.03 bits per heavy atom. The highest BCUT2D eigenvalue weighted by Crippen LogP contribution is 2.24. The molecule has 154 valence electrons. The standard InChI is InChI=1S/C22H15FN4O2S2/c23-16-6-2-1-5-14(16)12-27-21(29)20-17(8-10-30-20)25-22(27)31-13-15-11-19(28)26-9-4-3-7-18(26)24-15/h1-11H,12-13H2. The molecule has 5 rings (SSSR count). The number of thioether (sulfide) groups is 1. The van der Waals surface area contributed by atoms with Crippen LogP contribution in [0.1, 0.15) is 11.3 Å². The average Bonchev–Trinajstić information content (AvgIpc) is 3.25. The number of nitrogens with zero attached hydrogens (tertiary/aromatic N) is 4. The summed E-state index contributed by atoms with van der Waals surface area (Å²) in [6.07, 6.45) is 1.67.